The van der Waals surface area contributed by atoms with Gasteiger partial charge in [-0.1, -0.05) is 60.7 Å². The van der Waals surface area contributed by atoms with Crippen molar-refractivity contribution in [3.63, 3.8) is 0 Å². The van der Waals surface area contributed by atoms with Crippen molar-refractivity contribution in [1.82, 2.24) is 14.5 Å². The summed E-state index contributed by atoms with van der Waals surface area (Å²) in [4.78, 5) is 7.15. The molecule has 156 valence electrons. The maximum atomic E-state index is 4.92. The quantitative estimate of drug-likeness (QED) is 0.340. The van der Waals surface area contributed by atoms with E-state index in [9.17, 15) is 0 Å². The molecule has 0 fully saturated rings. The first-order valence-corrected chi connectivity index (χ1v) is 10.9. The number of anilines is 1. The summed E-state index contributed by atoms with van der Waals surface area (Å²) in [6.45, 7) is 2.73. The molecule has 0 aliphatic rings. The van der Waals surface area contributed by atoms with Crippen LogP contribution in [0.1, 0.15) is 12.0 Å². The van der Waals surface area contributed by atoms with E-state index in [0.717, 1.165) is 37.5 Å². The molecule has 0 unspecified atom stereocenters. The van der Waals surface area contributed by atoms with Gasteiger partial charge in [0.1, 0.15) is 0 Å². The van der Waals surface area contributed by atoms with Crippen molar-refractivity contribution in [3.8, 4) is 0 Å². The van der Waals surface area contributed by atoms with Crippen LogP contribution in [0.15, 0.2) is 78.9 Å². The summed E-state index contributed by atoms with van der Waals surface area (Å²) in [6, 6.07) is 28.0. The normalized spacial score (nSPS) is 11.7. The van der Waals surface area contributed by atoms with Crippen molar-refractivity contribution in [2.45, 2.75) is 19.5 Å². The maximum Gasteiger partial charge on any atom is 0.204 e. The fraction of sp³-hybridized carbons (Fsp3) is 0.222. The van der Waals surface area contributed by atoms with E-state index in [1.165, 1.54) is 32.6 Å². The van der Waals surface area contributed by atoms with E-state index in [2.05, 4.69) is 108 Å². The number of nitrogens with zero attached hydrogens (tertiary/aromatic N) is 3. The summed E-state index contributed by atoms with van der Waals surface area (Å²) in [5.41, 5.74) is 3.55. The molecule has 31 heavy (non-hydrogen) atoms. The minimum Gasteiger partial charge on any atom is -0.352 e. The maximum absolute atomic E-state index is 4.92. The third-order valence-electron chi connectivity index (χ3n) is 5.95. The molecule has 1 N–H and O–H groups in total. The summed E-state index contributed by atoms with van der Waals surface area (Å²) < 4.78 is 2.33. The fourth-order valence-electron chi connectivity index (χ4n) is 4.45. The third kappa shape index (κ3) is 3.87. The van der Waals surface area contributed by atoms with Gasteiger partial charge in [0.25, 0.3) is 0 Å². The first-order valence-electron chi connectivity index (χ1n) is 10.9. The molecular formula is C27H28N4. The first kappa shape index (κ1) is 19.6. The minimum absolute atomic E-state index is 0.735. The second-order valence-electron chi connectivity index (χ2n) is 8.38. The summed E-state index contributed by atoms with van der Waals surface area (Å²) >= 11 is 0. The number of rotatable bonds is 7. The number of hydrogen-bond acceptors (Lipinski definition) is 3. The van der Waals surface area contributed by atoms with Crippen molar-refractivity contribution in [1.29, 1.82) is 0 Å². The molecule has 0 radical (unpaired) electrons. The molecule has 0 aliphatic heterocycles. The smallest absolute Gasteiger partial charge is 0.204 e. The lowest BCUT2D eigenvalue weighted by molar-refractivity contribution is 0.388. The number of aromatic nitrogens is 2. The molecule has 1 aromatic heterocycles. The van der Waals surface area contributed by atoms with Gasteiger partial charge in [-0.05, 0) is 72.4 Å². The van der Waals surface area contributed by atoms with Gasteiger partial charge in [0.2, 0.25) is 5.95 Å². The lowest BCUT2D eigenvalue weighted by Gasteiger charge is -2.15. The molecule has 4 heteroatoms. The molecule has 0 atom stereocenters. The topological polar surface area (TPSA) is 33.1 Å². The second kappa shape index (κ2) is 8.40. The van der Waals surface area contributed by atoms with Gasteiger partial charge in [-0.15, -0.1) is 0 Å². The van der Waals surface area contributed by atoms with Crippen molar-refractivity contribution in [2.75, 3.05) is 26.0 Å². The zero-order chi connectivity index (χ0) is 21.2. The highest BCUT2D eigenvalue weighted by molar-refractivity contribution is 6.02. The molecule has 0 aliphatic carbocycles. The second-order valence-corrected chi connectivity index (χ2v) is 8.38. The first-order chi connectivity index (χ1) is 15.2. The Labute approximate surface area is 183 Å². The van der Waals surface area contributed by atoms with Gasteiger partial charge >= 0.3 is 0 Å². The number of para-hydroxylation sites is 2. The number of benzene rings is 4. The number of imidazole rings is 1. The predicted molar refractivity (Wildman–Crippen MR) is 132 cm³/mol. The molecule has 0 bridgehead atoms. The summed E-state index contributed by atoms with van der Waals surface area (Å²) in [6.07, 6.45) is 1.08. The largest absolute Gasteiger partial charge is 0.352 e. The molecular weight excluding hydrogens is 380 g/mol. The van der Waals surface area contributed by atoms with Crippen LogP contribution in [0.5, 0.6) is 0 Å². The van der Waals surface area contributed by atoms with Gasteiger partial charge in [0.15, 0.2) is 0 Å². The Kier molecular flexibility index (Phi) is 5.31. The van der Waals surface area contributed by atoms with Crippen LogP contribution >= 0.6 is 0 Å². The highest BCUT2D eigenvalue weighted by Crippen LogP contribution is 2.29. The average Bonchev–Trinajstić information content (AvgIpc) is 3.14. The van der Waals surface area contributed by atoms with E-state index >= 15 is 0 Å². The van der Waals surface area contributed by atoms with Gasteiger partial charge in [-0.3, -0.25) is 0 Å². The van der Waals surface area contributed by atoms with Gasteiger partial charge in [0.05, 0.1) is 11.0 Å². The number of fused-ring (bicyclic) bond motifs is 3. The lowest BCUT2D eigenvalue weighted by Crippen LogP contribution is -2.16. The van der Waals surface area contributed by atoms with Crippen LogP contribution in [-0.2, 0) is 13.1 Å². The lowest BCUT2D eigenvalue weighted by atomic mass is 9.97. The Morgan fingerprint density at radius 3 is 2.19 bits per heavy atom. The minimum atomic E-state index is 0.735. The fourth-order valence-corrected chi connectivity index (χ4v) is 4.45. The Morgan fingerprint density at radius 1 is 0.839 bits per heavy atom. The van der Waals surface area contributed by atoms with Crippen LogP contribution in [0, 0.1) is 0 Å². The van der Waals surface area contributed by atoms with E-state index in [0.29, 0.717) is 0 Å². The number of aryl methyl sites for hydroxylation is 1. The summed E-state index contributed by atoms with van der Waals surface area (Å²) in [5.74, 6) is 0.942. The zero-order valence-electron chi connectivity index (χ0n) is 18.2. The van der Waals surface area contributed by atoms with E-state index < -0.39 is 0 Å². The van der Waals surface area contributed by atoms with E-state index in [1.807, 2.05) is 0 Å². The zero-order valence-corrected chi connectivity index (χ0v) is 18.2. The van der Waals surface area contributed by atoms with Gasteiger partial charge in [0, 0.05) is 13.1 Å². The highest BCUT2D eigenvalue weighted by Gasteiger charge is 2.12. The molecule has 5 aromatic rings. The van der Waals surface area contributed by atoms with Crippen LogP contribution in [0.2, 0.25) is 0 Å². The van der Waals surface area contributed by atoms with Crippen molar-refractivity contribution in [3.05, 3.63) is 84.4 Å². The van der Waals surface area contributed by atoms with Crippen LogP contribution in [0.3, 0.4) is 0 Å². The van der Waals surface area contributed by atoms with Crippen molar-refractivity contribution in [2.24, 2.45) is 0 Å². The van der Waals surface area contributed by atoms with Gasteiger partial charge < -0.3 is 14.8 Å². The average molecular weight is 409 g/mol. The van der Waals surface area contributed by atoms with E-state index in [4.69, 9.17) is 4.98 Å². The molecule has 4 nitrogen and oxygen atoms in total. The van der Waals surface area contributed by atoms with Gasteiger partial charge in [-0.25, -0.2) is 4.98 Å². The van der Waals surface area contributed by atoms with Crippen LogP contribution in [0.4, 0.5) is 5.95 Å². The standard InChI is InChI=1S/C27H28N4/c1-30(2)16-9-17-31-26-15-8-7-14-25(26)29-27(31)28-19-24-22-12-5-3-10-20(22)18-21-11-4-6-13-23(21)24/h3-8,10-15,18H,9,16-17,19H2,1-2H3,(H,28,29). The Morgan fingerprint density at radius 2 is 1.48 bits per heavy atom. The SMILES string of the molecule is CN(C)CCCn1c(NCc2c3ccccc3cc3ccccc23)nc2ccccc21. The van der Waals surface area contributed by atoms with E-state index in [-0.39, 0.29) is 0 Å². The monoisotopic (exact) mass is 408 g/mol. The number of nitrogens with one attached hydrogen (secondary N) is 1. The molecule has 4 aromatic carbocycles. The predicted octanol–water partition coefficient (Wildman–Crippen LogP) is 5.91. The molecule has 5 rings (SSSR count). The molecule has 1 heterocycles. The van der Waals surface area contributed by atoms with Crippen LogP contribution in [0.25, 0.3) is 32.6 Å². The van der Waals surface area contributed by atoms with Gasteiger partial charge in [-0.2, -0.15) is 0 Å². The Bertz CT molecular complexity index is 1300. The highest BCUT2D eigenvalue weighted by atomic mass is 15.2. The van der Waals surface area contributed by atoms with Crippen LogP contribution in [-0.4, -0.2) is 35.1 Å². The summed E-state index contributed by atoms with van der Waals surface area (Å²) in [7, 11) is 4.24. The summed E-state index contributed by atoms with van der Waals surface area (Å²) in [5, 5.41) is 8.82. The number of hydrogen-bond donors (Lipinski definition) is 1. The Balaban J connectivity index is 1.53. The van der Waals surface area contributed by atoms with Crippen LogP contribution < -0.4 is 5.32 Å². The molecule has 0 amide bonds. The van der Waals surface area contributed by atoms with E-state index in [1.54, 1.807) is 0 Å². The molecule has 0 saturated carbocycles. The third-order valence-corrected chi connectivity index (χ3v) is 5.95. The Hall–Kier alpha value is -3.37. The van der Waals surface area contributed by atoms with Crippen molar-refractivity contribution >= 4 is 38.5 Å². The molecule has 0 saturated heterocycles. The molecule has 0 spiro atoms. The van der Waals surface area contributed by atoms with Crippen molar-refractivity contribution < 1.29 is 0 Å².